The summed E-state index contributed by atoms with van der Waals surface area (Å²) in [5.74, 6) is 0. The van der Waals surface area contributed by atoms with Crippen molar-refractivity contribution in [3.63, 3.8) is 0 Å². The molecule has 0 unspecified atom stereocenters. The van der Waals surface area contributed by atoms with Crippen molar-refractivity contribution in [1.82, 2.24) is 0 Å². The minimum absolute atomic E-state index is 0.867. The first kappa shape index (κ1) is 16.3. The van der Waals surface area contributed by atoms with Gasteiger partial charge in [0.05, 0.1) is 0 Å². The van der Waals surface area contributed by atoms with Crippen LogP contribution in [0.3, 0.4) is 0 Å². The van der Waals surface area contributed by atoms with Crippen molar-refractivity contribution in [2.75, 3.05) is 13.2 Å². The molecule has 88 valence electrons. The Morgan fingerprint density at radius 3 is 1.93 bits per heavy atom. The molecule has 0 bridgehead atoms. The molecule has 0 fully saturated rings. The average Bonchev–Trinajstić information content (AvgIpc) is 2.01. The summed E-state index contributed by atoms with van der Waals surface area (Å²) in [4.78, 5) is 0. The Hall–Kier alpha value is -0.170. The highest BCUT2D eigenvalue weighted by atomic mass is 32.3. The van der Waals surface area contributed by atoms with E-state index in [2.05, 4.69) is 6.92 Å². The van der Waals surface area contributed by atoms with E-state index < -0.39 is 10.4 Å². The summed E-state index contributed by atoms with van der Waals surface area (Å²) in [5, 5.41) is 0. The van der Waals surface area contributed by atoms with E-state index in [9.17, 15) is 0 Å². The van der Waals surface area contributed by atoms with Crippen molar-refractivity contribution in [1.29, 1.82) is 0 Å². The highest BCUT2D eigenvalue weighted by Crippen LogP contribution is 1.98. The molecule has 0 radical (unpaired) electrons. The van der Waals surface area contributed by atoms with E-state index in [0.717, 1.165) is 13.2 Å². The van der Waals surface area contributed by atoms with Gasteiger partial charge < -0.3 is 4.74 Å². The van der Waals surface area contributed by atoms with Crippen LogP contribution in [0.2, 0.25) is 0 Å². The molecule has 0 aliphatic carbocycles. The second kappa shape index (κ2) is 10.9. The van der Waals surface area contributed by atoms with Gasteiger partial charge in [-0.3, -0.25) is 9.11 Å². The van der Waals surface area contributed by atoms with Crippen LogP contribution in [0.1, 0.15) is 39.5 Å². The van der Waals surface area contributed by atoms with Crippen LogP contribution >= 0.6 is 0 Å². The lowest BCUT2D eigenvalue weighted by Crippen LogP contribution is -1.92. The van der Waals surface area contributed by atoms with Crippen LogP contribution < -0.4 is 0 Å². The van der Waals surface area contributed by atoms with Gasteiger partial charge in [0, 0.05) is 13.2 Å². The number of rotatable bonds is 6. The fraction of sp³-hybridized carbons (Fsp3) is 1.00. The number of ether oxygens (including phenoxy) is 1. The van der Waals surface area contributed by atoms with Crippen molar-refractivity contribution >= 4 is 10.4 Å². The smallest absolute Gasteiger partial charge is 0.382 e. The minimum atomic E-state index is -4.67. The molecule has 0 heterocycles. The van der Waals surface area contributed by atoms with Gasteiger partial charge in [0.25, 0.3) is 0 Å². The predicted octanol–water partition coefficient (Wildman–Crippen LogP) is 1.95. The zero-order valence-corrected chi connectivity index (χ0v) is 9.59. The van der Waals surface area contributed by atoms with E-state index in [1.165, 1.54) is 25.7 Å². The molecule has 0 aromatic carbocycles. The van der Waals surface area contributed by atoms with Crippen LogP contribution in [-0.4, -0.2) is 30.7 Å². The Labute approximate surface area is 86.0 Å². The van der Waals surface area contributed by atoms with Crippen LogP contribution in [0, 0.1) is 0 Å². The van der Waals surface area contributed by atoms with Crippen molar-refractivity contribution in [2.24, 2.45) is 0 Å². The SMILES string of the molecule is CCCCCCOCC.O=S(=O)(O)O. The maximum absolute atomic E-state index is 8.74. The van der Waals surface area contributed by atoms with E-state index in [-0.39, 0.29) is 0 Å². The quantitative estimate of drug-likeness (QED) is 0.536. The van der Waals surface area contributed by atoms with Crippen LogP contribution in [-0.2, 0) is 15.1 Å². The third kappa shape index (κ3) is 40.8. The molecule has 0 aliphatic rings. The summed E-state index contributed by atoms with van der Waals surface area (Å²) in [6.45, 7) is 6.09. The Balaban J connectivity index is 0. The van der Waals surface area contributed by atoms with Crippen molar-refractivity contribution in [3.05, 3.63) is 0 Å². The fourth-order valence-electron chi connectivity index (χ4n) is 0.775. The maximum atomic E-state index is 8.74. The van der Waals surface area contributed by atoms with E-state index in [1.54, 1.807) is 0 Å². The van der Waals surface area contributed by atoms with Gasteiger partial charge in [0.15, 0.2) is 0 Å². The first-order valence-electron chi connectivity index (χ1n) is 4.69. The van der Waals surface area contributed by atoms with Crippen LogP contribution in [0.5, 0.6) is 0 Å². The number of unbranched alkanes of at least 4 members (excludes halogenated alkanes) is 3. The van der Waals surface area contributed by atoms with Gasteiger partial charge in [-0.15, -0.1) is 0 Å². The predicted molar refractivity (Wildman–Crippen MR) is 54.8 cm³/mol. The first-order chi connectivity index (χ1) is 6.41. The molecule has 0 amide bonds. The zero-order valence-electron chi connectivity index (χ0n) is 8.77. The highest BCUT2D eigenvalue weighted by Gasteiger charge is 1.85. The highest BCUT2D eigenvalue weighted by molar-refractivity contribution is 7.79. The Bertz CT molecular complexity index is 174. The minimum Gasteiger partial charge on any atom is -0.382 e. The molecular formula is C8H20O5S. The summed E-state index contributed by atoms with van der Waals surface area (Å²) in [6.07, 6.45) is 5.23. The Morgan fingerprint density at radius 2 is 1.57 bits per heavy atom. The number of hydrogen-bond acceptors (Lipinski definition) is 3. The second-order valence-electron chi connectivity index (χ2n) is 2.71. The average molecular weight is 228 g/mol. The maximum Gasteiger partial charge on any atom is 0.394 e. The molecule has 5 nitrogen and oxygen atoms in total. The van der Waals surface area contributed by atoms with E-state index in [1.807, 2.05) is 6.92 Å². The molecule has 0 aromatic rings. The molecule has 0 saturated carbocycles. The number of hydrogen-bond donors (Lipinski definition) is 2. The lowest BCUT2D eigenvalue weighted by Gasteiger charge is -1.98. The van der Waals surface area contributed by atoms with Gasteiger partial charge in [-0.25, -0.2) is 0 Å². The lowest BCUT2D eigenvalue weighted by molar-refractivity contribution is 0.143. The van der Waals surface area contributed by atoms with Crippen molar-refractivity contribution < 1.29 is 22.3 Å². The molecule has 0 spiro atoms. The lowest BCUT2D eigenvalue weighted by atomic mass is 10.2. The van der Waals surface area contributed by atoms with Crippen LogP contribution in [0.25, 0.3) is 0 Å². The van der Waals surface area contributed by atoms with Gasteiger partial charge in [-0.1, -0.05) is 26.2 Å². The van der Waals surface area contributed by atoms with Gasteiger partial charge in [0.1, 0.15) is 0 Å². The van der Waals surface area contributed by atoms with Gasteiger partial charge in [-0.2, -0.15) is 8.42 Å². The van der Waals surface area contributed by atoms with E-state index in [0.29, 0.717) is 0 Å². The summed E-state index contributed by atoms with van der Waals surface area (Å²) in [5.41, 5.74) is 0. The summed E-state index contributed by atoms with van der Waals surface area (Å²) < 4.78 is 36.8. The molecule has 0 rings (SSSR count). The van der Waals surface area contributed by atoms with Gasteiger partial charge in [0.2, 0.25) is 0 Å². The van der Waals surface area contributed by atoms with E-state index >= 15 is 0 Å². The first-order valence-corrected chi connectivity index (χ1v) is 6.09. The van der Waals surface area contributed by atoms with Crippen LogP contribution in [0.4, 0.5) is 0 Å². The molecule has 6 heteroatoms. The topological polar surface area (TPSA) is 83.8 Å². The molecule has 14 heavy (non-hydrogen) atoms. The van der Waals surface area contributed by atoms with Crippen molar-refractivity contribution in [2.45, 2.75) is 39.5 Å². The molecule has 0 aromatic heterocycles. The third-order valence-corrected chi connectivity index (χ3v) is 1.35. The van der Waals surface area contributed by atoms with E-state index in [4.69, 9.17) is 22.3 Å². The van der Waals surface area contributed by atoms with Gasteiger partial charge in [-0.05, 0) is 13.3 Å². The summed E-state index contributed by atoms with van der Waals surface area (Å²) >= 11 is 0. The van der Waals surface area contributed by atoms with Crippen molar-refractivity contribution in [3.8, 4) is 0 Å². The Morgan fingerprint density at radius 1 is 1.07 bits per heavy atom. The second-order valence-corrected chi connectivity index (χ2v) is 3.60. The molecule has 0 aliphatic heterocycles. The summed E-state index contributed by atoms with van der Waals surface area (Å²) in [6, 6.07) is 0. The fourth-order valence-corrected chi connectivity index (χ4v) is 0.775. The summed E-state index contributed by atoms with van der Waals surface area (Å²) in [7, 11) is -4.67. The zero-order chi connectivity index (χ0) is 11.4. The molecular weight excluding hydrogens is 208 g/mol. The standard InChI is InChI=1S/C8H18O.H2O4S/c1-3-5-6-7-8-9-4-2;1-5(2,3)4/h3-8H2,1-2H3;(H2,1,2,3,4). The van der Waals surface area contributed by atoms with Crippen LogP contribution in [0.15, 0.2) is 0 Å². The molecule has 0 atom stereocenters. The largest absolute Gasteiger partial charge is 0.394 e. The monoisotopic (exact) mass is 228 g/mol. The Kier molecular flexibility index (Phi) is 12.7. The normalized spacial score (nSPS) is 10.6. The van der Waals surface area contributed by atoms with Gasteiger partial charge >= 0.3 is 10.4 Å². The molecule has 0 saturated heterocycles. The third-order valence-electron chi connectivity index (χ3n) is 1.35. The molecule has 2 N–H and O–H groups in total.